The van der Waals surface area contributed by atoms with Gasteiger partial charge in [0.25, 0.3) is 5.91 Å². The molecule has 0 spiro atoms. The molecule has 1 amide bonds. The highest BCUT2D eigenvalue weighted by Gasteiger charge is 2.28. The third kappa shape index (κ3) is 4.20. The van der Waals surface area contributed by atoms with Crippen molar-refractivity contribution in [3.8, 4) is 0 Å². The fourth-order valence-electron chi connectivity index (χ4n) is 4.39. The first-order valence-electron chi connectivity index (χ1n) is 11.1. The van der Waals surface area contributed by atoms with Crippen LogP contribution in [0, 0.1) is 6.92 Å². The number of carbonyl (C=O) groups is 1. The summed E-state index contributed by atoms with van der Waals surface area (Å²) in [5.74, 6) is 0.409. The molecule has 1 aliphatic heterocycles. The summed E-state index contributed by atoms with van der Waals surface area (Å²) in [6.07, 6.45) is 2.29. The third-order valence-electron chi connectivity index (χ3n) is 6.28. The Morgan fingerprint density at radius 3 is 2.68 bits per heavy atom. The summed E-state index contributed by atoms with van der Waals surface area (Å²) in [7, 11) is 1.89. The van der Waals surface area contributed by atoms with Gasteiger partial charge >= 0.3 is 0 Å². The summed E-state index contributed by atoms with van der Waals surface area (Å²) < 4.78 is 7.24. The Bertz CT molecular complexity index is 1110. The van der Waals surface area contributed by atoms with E-state index in [0.29, 0.717) is 18.0 Å². The predicted molar refractivity (Wildman–Crippen MR) is 119 cm³/mol. The van der Waals surface area contributed by atoms with Gasteiger partial charge in [-0.3, -0.25) is 14.4 Å². The van der Waals surface area contributed by atoms with Gasteiger partial charge in [0.05, 0.1) is 29.9 Å². The van der Waals surface area contributed by atoms with Crippen LogP contribution >= 0.6 is 0 Å². The molecule has 0 atom stereocenters. The maximum atomic E-state index is 13.3. The van der Waals surface area contributed by atoms with Gasteiger partial charge in [-0.1, -0.05) is 24.3 Å². The molecule has 3 aromatic rings. The largest absolute Gasteiger partial charge is 0.379 e. The van der Waals surface area contributed by atoms with Gasteiger partial charge in [0.2, 0.25) is 0 Å². The fourth-order valence-corrected chi connectivity index (χ4v) is 4.39. The van der Waals surface area contributed by atoms with Gasteiger partial charge in [-0.25, -0.2) is 4.98 Å². The van der Waals surface area contributed by atoms with E-state index in [0.717, 1.165) is 73.7 Å². The number of amides is 1. The number of nitrogens with one attached hydrogen (secondary N) is 1. The second-order valence-electron chi connectivity index (χ2n) is 8.62. The van der Waals surface area contributed by atoms with Crippen molar-refractivity contribution in [2.45, 2.75) is 38.8 Å². The minimum atomic E-state index is -0.0634. The Labute approximate surface area is 182 Å². The molecule has 2 aliphatic rings. The van der Waals surface area contributed by atoms with Crippen LogP contribution in [0.2, 0.25) is 0 Å². The van der Waals surface area contributed by atoms with Crippen LogP contribution in [0.3, 0.4) is 0 Å². The molecular weight excluding hydrogens is 390 g/mol. The van der Waals surface area contributed by atoms with Crippen molar-refractivity contribution in [3.05, 3.63) is 58.4 Å². The minimum absolute atomic E-state index is 0.0634. The molecule has 2 aromatic heterocycles. The number of ether oxygens (including phenoxy) is 1. The lowest BCUT2D eigenvalue weighted by molar-refractivity contribution is 0.0340. The maximum absolute atomic E-state index is 13.3. The van der Waals surface area contributed by atoms with Gasteiger partial charge in [-0.2, -0.15) is 5.10 Å². The van der Waals surface area contributed by atoms with Crippen LogP contribution < -0.4 is 5.32 Å². The minimum Gasteiger partial charge on any atom is -0.379 e. The zero-order chi connectivity index (χ0) is 21.4. The Hall–Kier alpha value is -2.77. The third-order valence-corrected chi connectivity index (χ3v) is 6.28. The fraction of sp³-hybridized carbons (Fsp3) is 0.458. The molecule has 1 N–H and O–H groups in total. The molecule has 0 unspecified atom stereocenters. The van der Waals surface area contributed by atoms with Gasteiger partial charge in [-0.15, -0.1) is 0 Å². The summed E-state index contributed by atoms with van der Waals surface area (Å²) in [6, 6.07) is 10.3. The molecule has 31 heavy (non-hydrogen) atoms. The number of rotatable bonds is 6. The van der Waals surface area contributed by atoms with Crippen LogP contribution in [0.1, 0.15) is 51.6 Å². The number of benzene rings is 1. The summed E-state index contributed by atoms with van der Waals surface area (Å²) in [5, 5.41) is 8.52. The quantitative estimate of drug-likeness (QED) is 0.665. The topological polar surface area (TPSA) is 72.3 Å². The van der Waals surface area contributed by atoms with Gasteiger partial charge in [0.15, 0.2) is 5.65 Å². The van der Waals surface area contributed by atoms with Crippen molar-refractivity contribution in [2.24, 2.45) is 7.05 Å². The lowest BCUT2D eigenvalue weighted by Gasteiger charge is -2.27. The average molecular weight is 420 g/mol. The Morgan fingerprint density at radius 2 is 1.94 bits per heavy atom. The molecule has 1 saturated carbocycles. The highest BCUT2D eigenvalue weighted by atomic mass is 16.5. The average Bonchev–Trinajstić information content (AvgIpc) is 3.59. The normalized spacial score (nSPS) is 17.2. The summed E-state index contributed by atoms with van der Waals surface area (Å²) >= 11 is 0. The van der Waals surface area contributed by atoms with Crippen molar-refractivity contribution in [3.63, 3.8) is 0 Å². The molecule has 0 bridgehead atoms. The molecule has 7 nitrogen and oxygen atoms in total. The molecule has 162 valence electrons. The van der Waals surface area contributed by atoms with E-state index in [4.69, 9.17) is 9.72 Å². The Morgan fingerprint density at radius 1 is 1.19 bits per heavy atom. The monoisotopic (exact) mass is 419 g/mol. The van der Waals surface area contributed by atoms with E-state index >= 15 is 0 Å². The number of morpholine rings is 1. The van der Waals surface area contributed by atoms with Crippen molar-refractivity contribution >= 4 is 16.9 Å². The van der Waals surface area contributed by atoms with Crippen LogP contribution in [-0.2, 0) is 24.9 Å². The number of hydrogen-bond donors (Lipinski definition) is 1. The molecule has 3 heterocycles. The standard InChI is InChI=1S/C24H29N5O2/c1-16-22-20(13-21(17-7-8-17)26-23(22)28(2)27-16)24(30)25-14-18-5-3-4-6-19(18)15-29-9-11-31-12-10-29/h3-6,13,17H,7-12,14-15H2,1-2H3,(H,25,30). The lowest BCUT2D eigenvalue weighted by Crippen LogP contribution is -2.36. The van der Waals surface area contributed by atoms with Gasteiger partial charge < -0.3 is 10.1 Å². The van der Waals surface area contributed by atoms with E-state index in [1.165, 1.54) is 5.56 Å². The first-order valence-corrected chi connectivity index (χ1v) is 11.1. The number of fused-ring (bicyclic) bond motifs is 1. The van der Waals surface area contributed by atoms with Gasteiger partial charge in [-0.05, 0) is 37.0 Å². The first kappa shape index (κ1) is 20.2. The Balaban J connectivity index is 1.37. The van der Waals surface area contributed by atoms with Crippen molar-refractivity contribution in [1.82, 2.24) is 25.0 Å². The summed E-state index contributed by atoms with van der Waals surface area (Å²) in [5.41, 5.74) is 5.72. The van der Waals surface area contributed by atoms with E-state index in [9.17, 15) is 4.79 Å². The number of pyridine rings is 1. The highest BCUT2D eigenvalue weighted by molar-refractivity contribution is 6.06. The number of carbonyl (C=O) groups excluding carboxylic acids is 1. The summed E-state index contributed by atoms with van der Waals surface area (Å²) in [4.78, 5) is 20.5. The van der Waals surface area contributed by atoms with E-state index in [-0.39, 0.29) is 5.91 Å². The van der Waals surface area contributed by atoms with Crippen LogP contribution in [-0.4, -0.2) is 51.9 Å². The molecular formula is C24H29N5O2. The smallest absolute Gasteiger partial charge is 0.252 e. The van der Waals surface area contributed by atoms with Crippen molar-refractivity contribution in [1.29, 1.82) is 0 Å². The molecule has 0 radical (unpaired) electrons. The highest BCUT2D eigenvalue weighted by Crippen LogP contribution is 2.40. The lowest BCUT2D eigenvalue weighted by atomic mass is 10.1. The van der Waals surface area contributed by atoms with E-state index < -0.39 is 0 Å². The number of hydrogen-bond acceptors (Lipinski definition) is 5. The molecule has 1 saturated heterocycles. The van der Waals surface area contributed by atoms with Crippen LogP contribution in [0.25, 0.3) is 11.0 Å². The van der Waals surface area contributed by atoms with Crippen LogP contribution in [0.5, 0.6) is 0 Å². The molecule has 2 fully saturated rings. The SMILES string of the molecule is Cc1nn(C)c2nc(C3CC3)cc(C(=O)NCc3ccccc3CN3CCOCC3)c12. The zero-order valence-electron chi connectivity index (χ0n) is 18.2. The number of aryl methyl sites for hydroxylation is 2. The van der Waals surface area contributed by atoms with E-state index in [1.54, 1.807) is 4.68 Å². The van der Waals surface area contributed by atoms with Gasteiger partial charge in [0, 0.05) is 44.8 Å². The second kappa shape index (κ2) is 8.40. The van der Waals surface area contributed by atoms with Crippen molar-refractivity contribution < 1.29 is 9.53 Å². The van der Waals surface area contributed by atoms with Crippen LogP contribution in [0.4, 0.5) is 0 Å². The molecule has 1 aliphatic carbocycles. The molecule has 1 aromatic carbocycles. The molecule has 5 rings (SSSR count). The predicted octanol–water partition coefficient (Wildman–Crippen LogP) is 2.92. The first-order chi connectivity index (χ1) is 15.1. The molecule has 7 heteroatoms. The Kier molecular flexibility index (Phi) is 5.46. The van der Waals surface area contributed by atoms with E-state index in [1.807, 2.05) is 26.1 Å². The zero-order valence-corrected chi connectivity index (χ0v) is 18.2. The van der Waals surface area contributed by atoms with Crippen molar-refractivity contribution in [2.75, 3.05) is 26.3 Å². The van der Waals surface area contributed by atoms with E-state index in [2.05, 4.69) is 33.5 Å². The maximum Gasteiger partial charge on any atom is 0.252 e. The summed E-state index contributed by atoms with van der Waals surface area (Å²) in [6.45, 7) is 6.77. The second-order valence-corrected chi connectivity index (χ2v) is 8.62. The van der Waals surface area contributed by atoms with Crippen LogP contribution in [0.15, 0.2) is 30.3 Å². The number of aromatic nitrogens is 3. The number of nitrogens with zero attached hydrogens (tertiary/aromatic N) is 4. The van der Waals surface area contributed by atoms with Gasteiger partial charge in [0.1, 0.15) is 0 Å².